The summed E-state index contributed by atoms with van der Waals surface area (Å²) in [6.45, 7) is 1.57. The second kappa shape index (κ2) is 6.21. The van der Waals surface area contributed by atoms with Crippen LogP contribution < -0.4 is 0 Å². The van der Waals surface area contributed by atoms with E-state index in [9.17, 15) is 15.3 Å². The second-order valence-electron chi connectivity index (χ2n) is 4.63. The van der Waals surface area contributed by atoms with Gasteiger partial charge in [0.25, 0.3) is 0 Å². The molecule has 5 atom stereocenters. The molecule has 19 heavy (non-hydrogen) atoms. The lowest BCUT2D eigenvalue weighted by Crippen LogP contribution is -2.57. The standard InChI is InChI=1S/C13H18O5S/c1-7-2-4-8(5-3-7)19-13-12(17)11(16)10(15)9(6-14)18-13/h2-5,9-17H,6H2,1H3/t9-,10-,11-,12-,13-/m0/s1. The van der Waals surface area contributed by atoms with Gasteiger partial charge in [0.1, 0.15) is 29.9 Å². The van der Waals surface area contributed by atoms with Crippen LogP contribution in [0.15, 0.2) is 29.2 Å². The monoisotopic (exact) mass is 286 g/mol. The van der Waals surface area contributed by atoms with E-state index in [0.717, 1.165) is 10.5 Å². The molecule has 0 aromatic heterocycles. The number of aryl methyl sites for hydroxylation is 1. The SMILES string of the molecule is Cc1ccc(S[C@@H]2O[C@@H](CO)[C@H](O)[C@H](O)[C@@H]2O)cc1. The number of ether oxygens (including phenoxy) is 1. The fraction of sp³-hybridized carbons (Fsp3) is 0.538. The second-order valence-corrected chi connectivity index (χ2v) is 5.80. The summed E-state index contributed by atoms with van der Waals surface area (Å²) >= 11 is 1.25. The van der Waals surface area contributed by atoms with Crippen LogP contribution >= 0.6 is 11.8 Å². The third-order valence-corrected chi connectivity index (χ3v) is 4.29. The van der Waals surface area contributed by atoms with Crippen LogP contribution in [0.3, 0.4) is 0 Å². The summed E-state index contributed by atoms with van der Waals surface area (Å²) in [5.41, 5.74) is 0.399. The molecule has 1 aliphatic heterocycles. The Morgan fingerprint density at radius 1 is 1.05 bits per heavy atom. The summed E-state index contributed by atoms with van der Waals surface area (Å²) in [6, 6.07) is 7.65. The first-order valence-electron chi connectivity index (χ1n) is 6.07. The summed E-state index contributed by atoms with van der Waals surface area (Å²) in [5, 5.41) is 38.4. The average Bonchev–Trinajstić information content (AvgIpc) is 2.42. The van der Waals surface area contributed by atoms with Crippen molar-refractivity contribution in [2.45, 2.75) is 41.7 Å². The Kier molecular flexibility index (Phi) is 4.83. The maximum atomic E-state index is 9.90. The van der Waals surface area contributed by atoms with Crippen LogP contribution in [-0.4, -0.2) is 56.9 Å². The molecule has 5 nitrogen and oxygen atoms in total. The van der Waals surface area contributed by atoms with Gasteiger partial charge in [0.15, 0.2) is 0 Å². The minimum atomic E-state index is -1.33. The normalized spacial score (nSPS) is 35.3. The fourth-order valence-corrected chi connectivity index (χ4v) is 2.98. The first-order chi connectivity index (χ1) is 9.02. The van der Waals surface area contributed by atoms with Gasteiger partial charge in [-0.2, -0.15) is 0 Å². The smallest absolute Gasteiger partial charge is 0.136 e. The highest BCUT2D eigenvalue weighted by molar-refractivity contribution is 7.99. The van der Waals surface area contributed by atoms with E-state index in [-0.39, 0.29) is 0 Å². The van der Waals surface area contributed by atoms with E-state index in [1.165, 1.54) is 11.8 Å². The first kappa shape index (κ1) is 14.8. The zero-order valence-electron chi connectivity index (χ0n) is 10.5. The van der Waals surface area contributed by atoms with Crippen molar-refractivity contribution < 1.29 is 25.2 Å². The fourth-order valence-electron chi connectivity index (χ4n) is 1.92. The lowest BCUT2D eigenvalue weighted by molar-refractivity contribution is -0.205. The van der Waals surface area contributed by atoms with Gasteiger partial charge in [-0.25, -0.2) is 0 Å². The molecule has 0 radical (unpaired) electrons. The molecule has 1 saturated heterocycles. The van der Waals surface area contributed by atoms with Crippen molar-refractivity contribution in [1.82, 2.24) is 0 Å². The quantitative estimate of drug-likeness (QED) is 0.620. The van der Waals surface area contributed by atoms with Crippen LogP contribution in [0.4, 0.5) is 0 Å². The Morgan fingerprint density at radius 3 is 2.26 bits per heavy atom. The van der Waals surface area contributed by atoms with E-state index in [0.29, 0.717) is 0 Å². The molecule has 0 spiro atoms. The predicted octanol–water partition coefficient (Wildman–Crippen LogP) is -0.113. The van der Waals surface area contributed by atoms with Gasteiger partial charge in [-0.15, -0.1) is 0 Å². The van der Waals surface area contributed by atoms with E-state index in [4.69, 9.17) is 9.84 Å². The third-order valence-electron chi connectivity index (χ3n) is 3.12. The van der Waals surface area contributed by atoms with Gasteiger partial charge >= 0.3 is 0 Å². The summed E-state index contributed by atoms with van der Waals surface area (Å²) in [7, 11) is 0. The zero-order valence-corrected chi connectivity index (χ0v) is 11.3. The minimum absolute atomic E-state index is 0.407. The molecule has 1 heterocycles. The van der Waals surface area contributed by atoms with Crippen molar-refractivity contribution in [3.63, 3.8) is 0 Å². The number of hydrogen-bond acceptors (Lipinski definition) is 6. The summed E-state index contributed by atoms with van der Waals surface area (Å²) in [6.07, 6.45) is -4.70. The number of thioether (sulfide) groups is 1. The Hall–Kier alpha value is -0.630. The number of aliphatic hydroxyl groups excluding tert-OH is 4. The van der Waals surface area contributed by atoms with Crippen molar-refractivity contribution >= 4 is 11.8 Å². The number of rotatable bonds is 3. The van der Waals surface area contributed by atoms with Gasteiger partial charge < -0.3 is 25.2 Å². The van der Waals surface area contributed by atoms with Crippen molar-refractivity contribution in [1.29, 1.82) is 0 Å². The number of benzene rings is 1. The third kappa shape index (κ3) is 3.28. The summed E-state index contributed by atoms with van der Waals surface area (Å²) in [4.78, 5) is 0.884. The van der Waals surface area contributed by atoms with E-state index >= 15 is 0 Å². The van der Waals surface area contributed by atoms with Crippen LogP contribution in [0.2, 0.25) is 0 Å². The molecule has 0 amide bonds. The largest absolute Gasteiger partial charge is 0.394 e. The predicted molar refractivity (Wildman–Crippen MR) is 70.8 cm³/mol. The lowest BCUT2D eigenvalue weighted by atomic mass is 10.0. The summed E-state index contributed by atoms with van der Waals surface area (Å²) in [5.74, 6) is 0. The Bertz CT molecular complexity index is 408. The molecule has 0 saturated carbocycles. The van der Waals surface area contributed by atoms with Crippen molar-refractivity contribution in [3.05, 3.63) is 29.8 Å². The molecule has 1 aromatic carbocycles. The van der Waals surface area contributed by atoms with Gasteiger partial charge in [0.2, 0.25) is 0 Å². The van der Waals surface area contributed by atoms with Crippen LogP contribution in [0, 0.1) is 6.92 Å². The van der Waals surface area contributed by atoms with Crippen molar-refractivity contribution in [3.8, 4) is 0 Å². The number of aliphatic hydroxyl groups is 4. The zero-order chi connectivity index (χ0) is 14.0. The molecule has 0 bridgehead atoms. The highest BCUT2D eigenvalue weighted by Crippen LogP contribution is 2.33. The number of hydrogen-bond donors (Lipinski definition) is 4. The molecule has 1 fully saturated rings. The van der Waals surface area contributed by atoms with Gasteiger partial charge in [-0.3, -0.25) is 0 Å². The maximum absolute atomic E-state index is 9.90. The van der Waals surface area contributed by atoms with Crippen molar-refractivity contribution in [2.75, 3.05) is 6.61 Å². The average molecular weight is 286 g/mol. The van der Waals surface area contributed by atoms with Gasteiger partial charge in [0, 0.05) is 4.90 Å². The molecule has 4 N–H and O–H groups in total. The van der Waals surface area contributed by atoms with Gasteiger partial charge in [0.05, 0.1) is 6.61 Å². The molecule has 6 heteroatoms. The highest BCUT2D eigenvalue weighted by Gasteiger charge is 2.43. The topological polar surface area (TPSA) is 90.2 Å². The molecule has 0 aliphatic carbocycles. The van der Waals surface area contributed by atoms with Crippen molar-refractivity contribution in [2.24, 2.45) is 0 Å². The van der Waals surface area contributed by atoms with Gasteiger partial charge in [-0.1, -0.05) is 29.5 Å². The Labute approximate surface area is 115 Å². The molecule has 0 unspecified atom stereocenters. The Balaban J connectivity index is 2.08. The maximum Gasteiger partial charge on any atom is 0.136 e. The highest BCUT2D eigenvalue weighted by atomic mass is 32.2. The van der Waals surface area contributed by atoms with E-state index in [1.54, 1.807) is 0 Å². The van der Waals surface area contributed by atoms with Crippen LogP contribution in [0.5, 0.6) is 0 Å². The first-order valence-corrected chi connectivity index (χ1v) is 6.94. The van der Waals surface area contributed by atoms with E-state index in [2.05, 4.69) is 0 Å². The van der Waals surface area contributed by atoms with E-state index in [1.807, 2.05) is 31.2 Å². The van der Waals surface area contributed by atoms with Crippen LogP contribution in [0.25, 0.3) is 0 Å². The molecule has 1 aliphatic rings. The molecular weight excluding hydrogens is 268 g/mol. The van der Waals surface area contributed by atoms with Crippen LogP contribution in [0.1, 0.15) is 5.56 Å². The minimum Gasteiger partial charge on any atom is -0.394 e. The molecule has 1 aromatic rings. The van der Waals surface area contributed by atoms with Gasteiger partial charge in [-0.05, 0) is 19.1 Å². The molecule has 2 rings (SSSR count). The van der Waals surface area contributed by atoms with Crippen LogP contribution in [-0.2, 0) is 4.74 Å². The molecule has 106 valence electrons. The Morgan fingerprint density at radius 2 is 1.68 bits per heavy atom. The lowest BCUT2D eigenvalue weighted by Gasteiger charge is -2.39. The molecular formula is C13H18O5S. The summed E-state index contributed by atoms with van der Waals surface area (Å²) < 4.78 is 5.42. The van der Waals surface area contributed by atoms with E-state index < -0.39 is 36.5 Å².